The molecule has 0 fully saturated rings. The highest BCUT2D eigenvalue weighted by molar-refractivity contribution is 7.12. The van der Waals surface area contributed by atoms with Crippen molar-refractivity contribution in [3.63, 3.8) is 0 Å². The standard InChI is InChI=1S/C14H23NOS/c1-3-13-8-9-14(17-13)7-5-4-6-10-15-11-12-16-2/h4-5,8-9,15H,3,6-7,10-12H2,1-2H3. The molecule has 0 aliphatic rings. The van der Waals surface area contributed by atoms with E-state index in [1.807, 2.05) is 11.3 Å². The molecule has 0 amide bonds. The van der Waals surface area contributed by atoms with Gasteiger partial charge in [-0.1, -0.05) is 19.1 Å². The van der Waals surface area contributed by atoms with E-state index in [2.05, 4.69) is 36.5 Å². The molecule has 17 heavy (non-hydrogen) atoms. The lowest BCUT2D eigenvalue weighted by molar-refractivity contribution is 0.199. The minimum atomic E-state index is 0.790. The number of methoxy groups -OCH3 is 1. The summed E-state index contributed by atoms with van der Waals surface area (Å²) in [4.78, 5) is 2.94. The van der Waals surface area contributed by atoms with Gasteiger partial charge in [0.2, 0.25) is 0 Å². The van der Waals surface area contributed by atoms with Gasteiger partial charge in [-0.15, -0.1) is 11.3 Å². The fourth-order valence-electron chi connectivity index (χ4n) is 1.52. The Morgan fingerprint density at radius 2 is 2.06 bits per heavy atom. The molecule has 0 saturated carbocycles. The van der Waals surface area contributed by atoms with Crippen LogP contribution in [0.15, 0.2) is 24.3 Å². The normalized spacial score (nSPS) is 11.4. The summed E-state index contributed by atoms with van der Waals surface area (Å²) in [6.07, 6.45) is 7.84. The molecule has 0 atom stereocenters. The van der Waals surface area contributed by atoms with Gasteiger partial charge in [-0.3, -0.25) is 0 Å². The lowest BCUT2D eigenvalue weighted by Crippen LogP contribution is -2.19. The van der Waals surface area contributed by atoms with E-state index in [9.17, 15) is 0 Å². The van der Waals surface area contributed by atoms with Gasteiger partial charge in [0.05, 0.1) is 6.61 Å². The Hall–Kier alpha value is -0.640. The maximum Gasteiger partial charge on any atom is 0.0587 e. The highest BCUT2D eigenvalue weighted by Gasteiger charge is 1.95. The molecule has 0 saturated heterocycles. The first-order valence-corrected chi connectivity index (χ1v) is 7.10. The highest BCUT2D eigenvalue weighted by atomic mass is 32.1. The fourth-order valence-corrected chi connectivity index (χ4v) is 2.46. The number of nitrogens with one attached hydrogen (secondary N) is 1. The minimum absolute atomic E-state index is 0.790. The number of hydrogen-bond donors (Lipinski definition) is 1. The maximum atomic E-state index is 4.96. The van der Waals surface area contributed by atoms with Crippen molar-refractivity contribution in [3.8, 4) is 0 Å². The molecule has 1 N–H and O–H groups in total. The third-order valence-electron chi connectivity index (χ3n) is 2.52. The molecule has 0 unspecified atom stereocenters. The second-order valence-corrected chi connectivity index (χ2v) is 5.18. The van der Waals surface area contributed by atoms with Crippen LogP contribution in [0.2, 0.25) is 0 Å². The molecule has 0 aromatic carbocycles. The van der Waals surface area contributed by atoms with Crippen LogP contribution in [0.3, 0.4) is 0 Å². The first-order chi connectivity index (χ1) is 8.36. The van der Waals surface area contributed by atoms with Gasteiger partial charge in [-0.05, 0) is 37.9 Å². The molecule has 1 aromatic heterocycles. The lowest BCUT2D eigenvalue weighted by Gasteiger charge is -2.00. The second kappa shape index (κ2) is 9.40. The Bertz CT molecular complexity index is 320. The topological polar surface area (TPSA) is 21.3 Å². The molecule has 1 rings (SSSR count). The number of rotatable bonds is 9. The van der Waals surface area contributed by atoms with E-state index < -0.39 is 0 Å². The number of ether oxygens (including phenoxy) is 1. The van der Waals surface area contributed by atoms with Gasteiger partial charge in [-0.2, -0.15) is 0 Å². The van der Waals surface area contributed by atoms with Gasteiger partial charge < -0.3 is 10.1 Å². The average Bonchev–Trinajstić information content (AvgIpc) is 2.80. The molecular formula is C14H23NOS. The fraction of sp³-hybridized carbons (Fsp3) is 0.571. The van der Waals surface area contributed by atoms with Crippen molar-refractivity contribution in [2.75, 3.05) is 26.8 Å². The van der Waals surface area contributed by atoms with Gasteiger partial charge in [0.1, 0.15) is 0 Å². The van der Waals surface area contributed by atoms with E-state index in [4.69, 9.17) is 4.74 Å². The number of hydrogen-bond acceptors (Lipinski definition) is 3. The lowest BCUT2D eigenvalue weighted by atomic mass is 10.3. The molecule has 0 aliphatic carbocycles. The molecule has 2 nitrogen and oxygen atoms in total. The number of thiophene rings is 1. The third-order valence-corrected chi connectivity index (χ3v) is 3.77. The van der Waals surface area contributed by atoms with Crippen molar-refractivity contribution >= 4 is 11.3 Å². The van der Waals surface area contributed by atoms with E-state index in [0.717, 1.165) is 39.0 Å². The van der Waals surface area contributed by atoms with E-state index in [1.165, 1.54) is 9.75 Å². The summed E-state index contributed by atoms with van der Waals surface area (Å²) in [5, 5.41) is 3.32. The molecular weight excluding hydrogens is 230 g/mol. The van der Waals surface area contributed by atoms with Gasteiger partial charge >= 0.3 is 0 Å². The van der Waals surface area contributed by atoms with E-state index >= 15 is 0 Å². The van der Waals surface area contributed by atoms with E-state index in [-0.39, 0.29) is 0 Å². The maximum absolute atomic E-state index is 4.96. The van der Waals surface area contributed by atoms with Gasteiger partial charge in [0.15, 0.2) is 0 Å². The van der Waals surface area contributed by atoms with Crippen molar-refractivity contribution in [1.82, 2.24) is 5.32 Å². The Morgan fingerprint density at radius 1 is 1.24 bits per heavy atom. The highest BCUT2D eigenvalue weighted by Crippen LogP contribution is 2.17. The average molecular weight is 253 g/mol. The van der Waals surface area contributed by atoms with Crippen molar-refractivity contribution in [1.29, 1.82) is 0 Å². The van der Waals surface area contributed by atoms with Crippen molar-refractivity contribution in [2.45, 2.75) is 26.2 Å². The van der Waals surface area contributed by atoms with Crippen molar-refractivity contribution in [2.24, 2.45) is 0 Å². The summed E-state index contributed by atoms with van der Waals surface area (Å²) >= 11 is 1.92. The molecule has 3 heteroatoms. The Labute approximate surface area is 109 Å². The summed E-state index contributed by atoms with van der Waals surface area (Å²) < 4.78 is 4.96. The summed E-state index contributed by atoms with van der Waals surface area (Å²) in [5.41, 5.74) is 0. The van der Waals surface area contributed by atoms with Gasteiger partial charge in [-0.25, -0.2) is 0 Å². The predicted octanol–water partition coefficient (Wildman–Crippen LogP) is 3.04. The summed E-state index contributed by atoms with van der Waals surface area (Å²) in [5.74, 6) is 0. The SMILES string of the molecule is CCc1ccc(CC=CCCNCCOC)s1. The van der Waals surface area contributed by atoms with Crippen LogP contribution in [0, 0.1) is 0 Å². The Morgan fingerprint density at radius 3 is 2.76 bits per heavy atom. The molecule has 0 spiro atoms. The summed E-state index contributed by atoms with van der Waals surface area (Å²) in [6, 6.07) is 4.48. The molecule has 1 heterocycles. The van der Waals surface area contributed by atoms with Crippen molar-refractivity contribution < 1.29 is 4.74 Å². The third kappa shape index (κ3) is 6.61. The monoisotopic (exact) mass is 253 g/mol. The zero-order valence-electron chi connectivity index (χ0n) is 10.9. The van der Waals surface area contributed by atoms with Crippen molar-refractivity contribution in [3.05, 3.63) is 34.0 Å². The van der Waals surface area contributed by atoms with Gasteiger partial charge in [0, 0.05) is 23.4 Å². The minimum Gasteiger partial charge on any atom is -0.383 e. The predicted molar refractivity (Wildman–Crippen MR) is 75.9 cm³/mol. The van der Waals surface area contributed by atoms with Crippen LogP contribution >= 0.6 is 11.3 Å². The first kappa shape index (κ1) is 14.4. The van der Waals surface area contributed by atoms with Crippen LogP contribution in [0.1, 0.15) is 23.1 Å². The van der Waals surface area contributed by atoms with Crippen LogP contribution in [0.5, 0.6) is 0 Å². The zero-order valence-corrected chi connectivity index (χ0v) is 11.7. The summed E-state index contributed by atoms with van der Waals surface area (Å²) in [7, 11) is 1.73. The Kier molecular flexibility index (Phi) is 7.97. The van der Waals surface area contributed by atoms with Crippen LogP contribution in [0.4, 0.5) is 0 Å². The quantitative estimate of drug-likeness (QED) is 0.539. The zero-order chi connectivity index (χ0) is 12.3. The second-order valence-electron chi connectivity index (χ2n) is 3.93. The molecule has 1 aromatic rings. The molecule has 0 bridgehead atoms. The van der Waals surface area contributed by atoms with E-state index in [0.29, 0.717) is 0 Å². The van der Waals surface area contributed by atoms with Gasteiger partial charge in [0.25, 0.3) is 0 Å². The largest absolute Gasteiger partial charge is 0.383 e. The van der Waals surface area contributed by atoms with Crippen LogP contribution in [0.25, 0.3) is 0 Å². The van der Waals surface area contributed by atoms with E-state index in [1.54, 1.807) is 7.11 Å². The first-order valence-electron chi connectivity index (χ1n) is 6.29. The molecule has 0 radical (unpaired) electrons. The molecule has 96 valence electrons. The van der Waals surface area contributed by atoms with Crippen LogP contribution in [-0.4, -0.2) is 26.8 Å². The van der Waals surface area contributed by atoms with Crippen LogP contribution < -0.4 is 5.32 Å². The summed E-state index contributed by atoms with van der Waals surface area (Å²) in [6.45, 7) is 4.97. The molecule has 0 aliphatic heterocycles. The smallest absolute Gasteiger partial charge is 0.0587 e. The number of aryl methyl sites for hydroxylation is 1. The van der Waals surface area contributed by atoms with Crippen LogP contribution in [-0.2, 0) is 17.6 Å². The Balaban J connectivity index is 2.05. The number of allylic oxidation sites excluding steroid dienone is 1.